The number of aromatic nitrogens is 2. The number of hydrogen-bond acceptors (Lipinski definition) is 4. The van der Waals surface area contributed by atoms with Crippen molar-refractivity contribution in [3.63, 3.8) is 0 Å². The van der Waals surface area contributed by atoms with E-state index in [0.29, 0.717) is 31.7 Å². The van der Waals surface area contributed by atoms with Crippen LogP contribution >= 0.6 is 0 Å². The van der Waals surface area contributed by atoms with Gasteiger partial charge in [0.05, 0.1) is 17.4 Å². The lowest BCUT2D eigenvalue weighted by atomic mass is 9.86. The number of ether oxygens (including phenoxy) is 1. The molecule has 104 valence electrons. The highest BCUT2D eigenvalue weighted by atomic mass is 16.5. The van der Waals surface area contributed by atoms with Crippen molar-refractivity contribution in [2.24, 2.45) is 7.05 Å². The van der Waals surface area contributed by atoms with Crippen molar-refractivity contribution in [3.8, 4) is 0 Å². The van der Waals surface area contributed by atoms with E-state index in [9.17, 15) is 9.90 Å². The summed E-state index contributed by atoms with van der Waals surface area (Å²) in [4.78, 5) is 14.0. The molecule has 6 heteroatoms. The van der Waals surface area contributed by atoms with Crippen LogP contribution in [0.15, 0.2) is 12.4 Å². The number of piperidine rings is 1. The average Bonchev–Trinajstić information content (AvgIpc) is 3.02. The second-order valence-electron chi connectivity index (χ2n) is 5.44. The molecule has 2 saturated heterocycles. The van der Waals surface area contributed by atoms with E-state index in [-0.39, 0.29) is 5.91 Å². The number of rotatable bonds is 1. The fourth-order valence-corrected chi connectivity index (χ4v) is 3.03. The van der Waals surface area contributed by atoms with Gasteiger partial charge >= 0.3 is 0 Å². The zero-order valence-corrected chi connectivity index (χ0v) is 11.1. The van der Waals surface area contributed by atoms with Gasteiger partial charge in [0.25, 0.3) is 5.91 Å². The summed E-state index contributed by atoms with van der Waals surface area (Å²) >= 11 is 0. The number of amides is 1. The van der Waals surface area contributed by atoms with Crippen LogP contribution in [0.4, 0.5) is 0 Å². The molecule has 6 nitrogen and oxygen atoms in total. The van der Waals surface area contributed by atoms with Gasteiger partial charge < -0.3 is 14.7 Å². The van der Waals surface area contributed by atoms with Gasteiger partial charge in [-0.1, -0.05) is 0 Å². The predicted octanol–water partition coefficient (Wildman–Crippen LogP) is 0.176. The smallest absolute Gasteiger partial charge is 0.257 e. The van der Waals surface area contributed by atoms with Crippen LogP contribution in [-0.2, 0) is 11.8 Å². The second-order valence-corrected chi connectivity index (χ2v) is 5.44. The molecule has 1 spiro atoms. The zero-order chi connectivity index (χ0) is 13.5. The topological polar surface area (TPSA) is 67.6 Å². The average molecular weight is 265 g/mol. The fourth-order valence-electron chi connectivity index (χ4n) is 3.03. The molecule has 0 radical (unpaired) electrons. The number of aliphatic hydroxyl groups excluding tert-OH is 1. The molecule has 0 unspecified atom stereocenters. The molecule has 0 bridgehead atoms. The number of aliphatic hydroxyl groups is 1. The van der Waals surface area contributed by atoms with Gasteiger partial charge in [-0.2, -0.15) is 5.10 Å². The summed E-state index contributed by atoms with van der Waals surface area (Å²) < 4.78 is 7.33. The molecule has 0 aromatic carbocycles. The molecule has 1 amide bonds. The van der Waals surface area contributed by atoms with Gasteiger partial charge in [-0.15, -0.1) is 0 Å². The summed E-state index contributed by atoms with van der Waals surface area (Å²) in [5.74, 6) is -0.0694. The van der Waals surface area contributed by atoms with Gasteiger partial charge in [-0.3, -0.25) is 9.48 Å². The molecule has 3 rings (SSSR count). The summed E-state index contributed by atoms with van der Waals surface area (Å²) in [6.45, 7) is 1.69. The first-order valence-electron chi connectivity index (χ1n) is 6.71. The number of hydrogen-bond donors (Lipinski definition) is 1. The maximum atomic E-state index is 12.3. The Morgan fingerprint density at radius 1 is 1.58 bits per heavy atom. The van der Waals surface area contributed by atoms with Gasteiger partial charge in [-0.25, -0.2) is 0 Å². The molecule has 19 heavy (non-hydrogen) atoms. The third kappa shape index (κ3) is 2.15. The number of carbonyl (C=O) groups is 1. The van der Waals surface area contributed by atoms with E-state index in [0.717, 1.165) is 12.8 Å². The Labute approximate surface area is 112 Å². The maximum Gasteiger partial charge on any atom is 0.257 e. The Morgan fingerprint density at radius 3 is 3.00 bits per heavy atom. The van der Waals surface area contributed by atoms with Crippen LogP contribution in [0.5, 0.6) is 0 Å². The monoisotopic (exact) mass is 265 g/mol. The SMILES string of the molecule is Cn1cc(C(=O)N2CC[C@@]3(CCCO3)[C@@H](O)C2)cn1. The van der Waals surface area contributed by atoms with Gasteiger partial charge in [0.1, 0.15) is 6.10 Å². The van der Waals surface area contributed by atoms with Crippen LogP contribution in [0, 0.1) is 0 Å². The van der Waals surface area contributed by atoms with Crippen LogP contribution in [-0.4, -0.2) is 57.1 Å². The highest BCUT2D eigenvalue weighted by molar-refractivity contribution is 5.93. The van der Waals surface area contributed by atoms with Crippen molar-refractivity contribution >= 4 is 5.91 Å². The first-order valence-corrected chi connectivity index (χ1v) is 6.71. The minimum atomic E-state index is -0.593. The van der Waals surface area contributed by atoms with E-state index in [4.69, 9.17) is 4.74 Å². The Morgan fingerprint density at radius 2 is 2.42 bits per heavy atom. The van der Waals surface area contributed by atoms with Gasteiger partial charge in [0.2, 0.25) is 0 Å². The van der Waals surface area contributed by atoms with Gasteiger partial charge in [0.15, 0.2) is 0 Å². The van der Waals surface area contributed by atoms with Gasteiger partial charge in [0, 0.05) is 32.9 Å². The summed E-state index contributed by atoms with van der Waals surface area (Å²) in [6.07, 6.45) is 5.26. The Balaban J connectivity index is 1.70. The molecule has 0 aliphatic carbocycles. The highest BCUT2D eigenvalue weighted by Crippen LogP contribution is 2.36. The zero-order valence-electron chi connectivity index (χ0n) is 11.1. The number of carbonyl (C=O) groups excluding carboxylic acids is 1. The largest absolute Gasteiger partial charge is 0.388 e. The Hall–Kier alpha value is -1.40. The number of β-amino-alcohol motifs (C(OH)–C–C–N with tert-alkyl or cyclic N) is 1. The van der Waals surface area contributed by atoms with Crippen molar-refractivity contribution in [2.45, 2.75) is 31.0 Å². The van der Waals surface area contributed by atoms with Crippen molar-refractivity contribution in [2.75, 3.05) is 19.7 Å². The molecule has 0 saturated carbocycles. The van der Waals surface area contributed by atoms with Crippen LogP contribution in [0.25, 0.3) is 0 Å². The minimum Gasteiger partial charge on any atom is -0.388 e. The lowest BCUT2D eigenvalue weighted by Gasteiger charge is -2.42. The summed E-state index contributed by atoms with van der Waals surface area (Å²) in [5.41, 5.74) is 0.157. The van der Waals surface area contributed by atoms with Crippen molar-refractivity contribution in [1.82, 2.24) is 14.7 Å². The lowest BCUT2D eigenvalue weighted by Crippen LogP contribution is -2.56. The van der Waals surface area contributed by atoms with E-state index in [1.165, 1.54) is 0 Å². The van der Waals surface area contributed by atoms with Crippen LogP contribution in [0.2, 0.25) is 0 Å². The van der Waals surface area contributed by atoms with E-state index in [1.807, 2.05) is 0 Å². The molecule has 1 N–H and O–H groups in total. The van der Waals surface area contributed by atoms with Crippen LogP contribution in [0.3, 0.4) is 0 Å². The van der Waals surface area contributed by atoms with Crippen molar-refractivity contribution in [3.05, 3.63) is 18.0 Å². The molecule has 1 aromatic rings. The predicted molar refractivity (Wildman–Crippen MR) is 67.7 cm³/mol. The standard InChI is InChI=1S/C13H19N3O3/c1-15-8-10(7-14-15)12(18)16-5-4-13(11(17)9-16)3-2-6-19-13/h7-8,11,17H,2-6,9H2,1H3/t11-,13-/m0/s1. The molecule has 3 heterocycles. The third-order valence-corrected chi connectivity index (χ3v) is 4.18. The van der Waals surface area contributed by atoms with Crippen LogP contribution in [0.1, 0.15) is 29.6 Å². The highest BCUT2D eigenvalue weighted by Gasteiger charge is 2.46. The summed E-state index contributed by atoms with van der Waals surface area (Å²) in [5, 5.41) is 14.3. The summed E-state index contributed by atoms with van der Waals surface area (Å²) in [7, 11) is 1.78. The van der Waals surface area contributed by atoms with E-state index in [1.54, 1.807) is 29.0 Å². The normalized spacial score (nSPS) is 31.1. The summed E-state index contributed by atoms with van der Waals surface area (Å²) in [6, 6.07) is 0. The molecular weight excluding hydrogens is 246 g/mol. The second kappa shape index (κ2) is 4.61. The number of nitrogens with zero attached hydrogens (tertiary/aromatic N) is 3. The molecule has 2 fully saturated rings. The number of likely N-dealkylation sites (tertiary alicyclic amines) is 1. The first kappa shape index (κ1) is 12.6. The minimum absolute atomic E-state index is 0.0694. The van der Waals surface area contributed by atoms with E-state index >= 15 is 0 Å². The third-order valence-electron chi connectivity index (χ3n) is 4.18. The van der Waals surface area contributed by atoms with Crippen LogP contribution < -0.4 is 0 Å². The quantitative estimate of drug-likeness (QED) is 0.786. The molecule has 2 aliphatic heterocycles. The fraction of sp³-hybridized carbons (Fsp3) is 0.692. The van der Waals surface area contributed by atoms with E-state index in [2.05, 4.69) is 5.10 Å². The number of aryl methyl sites for hydroxylation is 1. The Kier molecular flexibility index (Phi) is 3.06. The molecule has 2 atom stereocenters. The molecule has 2 aliphatic rings. The van der Waals surface area contributed by atoms with Crippen molar-refractivity contribution < 1.29 is 14.6 Å². The van der Waals surface area contributed by atoms with Crippen molar-refractivity contribution in [1.29, 1.82) is 0 Å². The van der Waals surface area contributed by atoms with E-state index < -0.39 is 11.7 Å². The van der Waals surface area contributed by atoms with Gasteiger partial charge in [-0.05, 0) is 19.3 Å². The maximum absolute atomic E-state index is 12.3. The Bertz CT molecular complexity index is 479. The molecular formula is C13H19N3O3. The molecule has 1 aromatic heterocycles. The first-order chi connectivity index (χ1) is 9.11. The lowest BCUT2D eigenvalue weighted by molar-refractivity contribution is -0.122.